The molecule has 0 saturated carbocycles. The van der Waals surface area contributed by atoms with Gasteiger partial charge in [0, 0.05) is 18.7 Å². The summed E-state index contributed by atoms with van der Waals surface area (Å²) < 4.78 is 13.0. The molecule has 0 aliphatic carbocycles. The molecule has 3 nitrogen and oxygen atoms in total. The molecule has 2 atom stereocenters. The maximum atomic E-state index is 13.0. The Morgan fingerprint density at radius 3 is 2.54 bits per heavy atom. The van der Waals surface area contributed by atoms with Crippen LogP contribution < -0.4 is 5.32 Å². The molecule has 3 rings (SSSR count). The third-order valence-corrected chi connectivity index (χ3v) is 5.08. The van der Waals surface area contributed by atoms with E-state index in [4.69, 9.17) is 0 Å². The van der Waals surface area contributed by atoms with Crippen molar-refractivity contribution in [1.29, 1.82) is 0 Å². The molecule has 4 heteroatoms. The lowest BCUT2D eigenvalue weighted by molar-refractivity contribution is 0.0940. The van der Waals surface area contributed by atoms with Crippen molar-refractivity contribution in [3.05, 3.63) is 71.0 Å². The largest absolute Gasteiger partial charge is 0.346 e. The Labute approximate surface area is 155 Å². The van der Waals surface area contributed by atoms with Crippen molar-refractivity contribution in [2.75, 3.05) is 13.1 Å². The highest BCUT2D eigenvalue weighted by atomic mass is 19.1. The van der Waals surface area contributed by atoms with E-state index >= 15 is 0 Å². The lowest BCUT2D eigenvalue weighted by atomic mass is 9.99. The zero-order chi connectivity index (χ0) is 18.5. The summed E-state index contributed by atoms with van der Waals surface area (Å²) in [5, 5.41) is 2.97. The molecule has 1 amide bonds. The average Bonchev–Trinajstić information content (AvgIpc) is 2.63. The van der Waals surface area contributed by atoms with Gasteiger partial charge in [-0.25, -0.2) is 4.39 Å². The van der Waals surface area contributed by atoms with Crippen LogP contribution in [-0.2, 0) is 6.54 Å². The van der Waals surface area contributed by atoms with E-state index in [2.05, 4.69) is 17.1 Å². The molecular weight excluding hydrogens is 327 g/mol. The summed E-state index contributed by atoms with van der Waals surface area (Å²) in [7, 11) is 0. The number of hydrogen-bond donors (Lipinski definition) is 1. The van der Waals surface area contributed by atoms with Crippen molar-refractivity contribution in [3.63, 3.8) is 0 Å². The molecule has 1 aliphatic heterocycles. The standard InChI is InChI=1S/C22H27FN2O/c1-16-4-3-13-25(14-16)15-18-5-7-20(8-6-18)22(26)24-17(2)19-9-11-21(23)12-10-19/h5-12,16-17H,3-4,13-15H2,1-2H3,(H,24,26)/t16-,17+/m0/s1. The van der Waals surface area contributed by atoms with Crippen molar-refractivity contribution >= 4 is 5.91 Å². The van der Waals surface area contributed by atoms with Gasteiger partial charge in [0.05, 0.1) is 6.04 Å². The average molecular weight is 354 g/mol. The van der Waals surface area contributed by atoms with Crippen molar-refractivity contribution < 1.29 is 9.18 Å². The molecule has 1 fully saturated rings. The van der Waals surface area contributed by atoms with E-state index in [0.717, 1.165) is 31.1 Å². The molecule has 26 heavy (non-hydrogen) atoms. The highest BCUT2D eigenvalue weighted by Gasteiger charge is 2.16. The highest BCUT2D eigenvalue weighted by molar-refractivity contribution is 5.94. The minimum absolute atomic E-state index is 0.111. The second-order valence-electron chi connectivity index (χ2n) is 7.43. The number of piperidine rings is 1. The normalized spacial score (nSPS) is 19.1. The monoisotopic (exact) mass is 354 g/mol. The van der Waals surface area contributed by atoms with Crippen LogP contribution >= 0.6 is 0 Å². The molecule has 1 N–H and O–H groups in total. The van der Waals surface area contributed by atoms with E-state index in [9.17, 15) is 9.18 Å². The summed E-state index contributed by atoms with van der Waals surface area (Å²) in [6, 6.07) is 13.9. The first-order valence-corrected chi connectivity index (χ1v) is 9.39. The van der Waals surface area contributed by atoms with E-state index < -0.39 is 0 Å². The van der Waals surface area contributed by atoms with Gasteiger partial charge in [-0.3, -0.25) is 9.69 Å². The zero-order valence-electron chi connectivity index (χ0n) is 15.5. The zero-order valence-corrected chi connectivity index (χ0v) is 15.5. The third kappa shape index (κ3) is 4.92. The Bertz CT molecular complexity index is 727. The highest BCUT2D eigenvalue weighted by Crippen LogP contribution is 2.18. The van der Waals surface area contributed by atoms with Gasteiger partial charge in [0.1, 0.15) is 5.82 Å². The van der Waals surface area contributed by atoms with Crippen LogP contribution in [0.25, 0.3) is 0 Å². The Hall–Kier alpha value is -2.20. The van der Waals surface area contributed by atoms with Crippen LogP contribution in [0.1, 0.15) is 54.2 Å². The number of benzene rings is 2. The number of amides is 1. The fraction of sp³-hybridized carbons (Fsp3) is 0.409. The van der Waals surface area contributed by atoms with E-state index in [0.29, 0.717) is 5.56 Å². The third-order valence-electron chi connectivity index (χ3n) is 5.08. The smallest absolute Gasteiger partial charge is 0.251 e. The van der Waals surface area contributed by atoms with Gasteiger partial charge in [-0.05, 0) is 67.6 Å². The lowest BCUT2D eigenvalue weighted by Gasteiger charge is -2.30. The summed E-state index contributed by atoms with van der Waals surface area (Å²) in [5.74, 6) is 0.382. The summed E-state index contributed by atoms with van der Waals surface area (Å²) in [6.45, 7) is 7.45. The Balaban J connectivity index is 1.57. The Kier molecular flexibility index (Phi) is 6.04. The molecule has 1 saturated heterocycles. The van der Waals surface area contributed by atoms with Gasteiger partial charge in [-0.15, -0.1) is 0 Å². The number of nitrogens with zero attached hydrogens (tertiary/aromatic N) is 1. The molecule has 0 unspecified atom stereocenters. The molecule has 1 aliphatic rings. The lowest BCUT2D eigenvalue weighted by Crippen LogP contribution is -2.33. The van der Waals surface area contributed by atoms with Crippen molar-refractivity contribution in [1.82, 2.24) is 10.2 Å². The number of carbonyl (C=O) groups excluding carboxylic acids is 1. The predicted octanol–water partition coefficient (Wildman–Crippen LogP) is 4.55. The van der Waals surface area contributed by atoms with E-state index in [1.165, 1.54) is 30.5 Å². The molecular formula is C22H27FN2O. The quantitative estimate of drug-likeness (QED) is 0.854. The summed E-state index contributed by atoms with van der Waals surface area (Å²) in [6.07, 6.45) is 2.59. The Morgan fingerprint density at radius 2 is 1.88 bits per heavy atom. The second-order valence-corrected chi connectivity index (χ2v) is 7.43. The van der Waals surface area contributed by atoms with E-state index in [1.54, 1.807) is 12.1 Å². The van der Waals surface area contributed by atoms with Crippen LogP contribution in [0.5, 0.6) is 0 Å². The first kappa shape index (κ1) is 18.6. The number of rotatable bonds is 5. The van der Waals surface area contributed by atoms with Gasteiger partial charge < -0.3 is 5.32 Å². The summed E-state index contributed by atoms with van der Waals surface area (Å²) in [5.41, 5.74) is 2.77. The molecule has 0 radical (unpaired) electrons. The summed E-state index contributed by atoms with van der Waals surface area (Å²) in [4.78, 5) is 14.9. The first-order chi connectivity index (χ1) is 12.5. The van der Waals surface area contributed by atoms with Crippen LogP contribution in [0.4, 0.5) is 4.39 Å². The van der Waals surface area contributed by atoms with Crippen LogP contribution in [0, 0.1) is 11.7 Å². The van der Waals surface area contributed by atoms with Crippen LogP contribution in [0.3, 0.4) is 0 Å². The number of nitrogens with one attached hydrogen (secondary N) is 1. The predicted molar refractivity (Wildman–Crippen MR) is 102 cm³/mol. The van der Waals surface area contributed by atoms with E-state index in [-0.39, 0.29) is 17.8 Å². The maximum Gasteiger partial charge on any atom is 0.251 e. The fourth-order valence-electron chi connectivity index (χ4n) is 3.56. The van der Waals surface area contributed by atoms with Crippen molar-refractivity contribution in [3.8, 4) is 0 Å². The van der Waals surface area contributed by atoms with Gasteiger partial charge in [0.15, 0.2) is 0 Å². The number of likely N-dealkylation sites (tertiary alicyclic amines) is 1. The topological polar surface area (TPSA) is 32.3 Å². The molecule has 0 spiro atoms. The van der Waals surface area contributed by atoms with Crippen LogP contribution in [-0.4, -0.2) is 23.9 Å². The SMILES string of the molecule is C[C@H]1CCCN(Cc2ccc(C(=O)N[C@H](C)c3ccc(F)cc3)cc2)C1. The fourth-order valence-corrected chi connectivity index (χ4v) is 3.56. The number of halogens is 1. The van der Waals surface area contributed by atoms with Crippen molar-refractivity contribution in [2.24, 2.45) is 5.92 Å². The molecule has 2 aromatic carbocycles. The number of hydrogen-bond acceptors (Lipinski definition) is 2. The van der Waals surface area contributed by atoms with Crippen molar-refractivity contribution in [2.45, 2.75) is 39.3 Å². The molecule has 2 aromatic rings. The van der Waals surface area contributed by atoms with Gasteiger partial charge in [-0.2, -0.15) is 0 Å². The Morgan fingerprint density at radius 1 is 1.19 bits per heavy atom. The molecule has 0 bridgehead atoms. The molecule has 0 aromatic heterocycles. The van der Waals surface area contributed by atoms with Crippen LogP contribution in [0.15, 0.2) is 48.5 Å². The molecule has 138 valence electrons. The van der Waals surface area contributed by atoms with E-state index in [1.807, 2.05) is 31.2 Å². The van der Waals surface area contributed by atoms with Gasteiger partial charge in [-0.1, -0.05) is 31.2 Å². The maximum absolute atomic E-state index is 13.0. The van der Waals surface area contributed by atoms with Gasteiger partial charge in [0.2, 0.25) is 0 Å². The van der Waals surface area contributed by atoms with Gasteiger partial charge in [0.25, 0.3) is 5.91 Å². The first-order valence-electron chi connectivity index (χ1n) is 9.39. The minimum atomic E-state index is -0.272. The minimum Gasteiger partial charge on any atom is -0.346 e. The second kappa shape index (κ2) is 8.45. The van der Waals surface area contributed by atoms with Crippen LogP contribution in [0.2, 0.25) is 0 Å². The van der Waals surface area contributed by atoms with Gasteiger partial charge >= 0.3 is 0 Å². The molecule has 1 heterocycles. The number of carbonyl (C=O) groups is 1. The summed E-state index contributed by atoms with van der Waals surface area (Å²) >= 11 is 0.